The van der Waals surface area contributed by atoms with Crippen LogP contribution in [0.5, 0.6) is 0 Å². The topological polar surface area (TPSA) is 29.4 Å². The minimum atomic E-state index is -4.43. The van der Waals surface area contributed by atoms with Gasteiger partial charge in [-0.15, -0.1) is 4.91 Å². The van der Waals surface area contributed by atoms with Crippen LogP contribution in [0.4, 0.5) is 18.9 Å². The van der Waals surface area contributed by atoms with Gasteiger partial charge in [0.25, 0.3) is 0 Å². The van der Waals surface area contributed by atoms with Crippen LogP contribution < -0.4 is 0 Å². The molecular formula is C9H8F3NO. The molecule has 0 N–H and O–H groups in total. The summed E-state index contributed by atoms with van der Waals surface area (Å²) in [7, 11) is 0. The van der Waals surface area contributed by atoms with Crippen LogP contribution in [0.15, 0.2) is 23.4 Å². The van der Waals surface area contributed by atoms with E-state index in [1.807, 2.05) is 0 Å². The van der Waals surface area contributed by atoms with E-state index in [1.54, 1.807) is 6.92 Å². The Morgan fingerprint density at radius 1 is 1.29 bits per heavy atom. The van der Waals surface area contributed by atoms with Crippen LogP contribution in [0.1, 0.15) is 18.1 Å². The average Bonchev–Trinajstić information content (AvgIpc) is 2.15. The van der Waals surface area contributed by atoms with Crippen molar-refractivity contribution in [1.82, 2.24) is 0 Å². The van der Waals surface area contributed by atoms with E-state index in [4.69, 9.17) is 0 Å². The van der Waals surface area contributed by atoms with E-state index in [-0.39, 0.29) is 5.69 Å². The lowest BCUT2D eigenvalue weighted by Gasteiger charge is -2.08. The highest BCUT2D eigenvalue weighted by molar-refractivity contribution is 5.44. The minimum Gasteiger partial charge on any atom is -0.166 e. The van der Waals surface area contributed by atoms with Crippen molar-refractivity contribution in [2.75, 3.05) is 0 Å². The van der Waals surface area contributed by atoms with Crippen LogP contribution in [-0.4, -0.2) is 0 Å². The Balaban J connectivity index is 3.24. The predicted molar refractivity (Wildman–Crippen MR) is 46.3 cm³/mol. The summed E-state index contributed by atoms with van der Waals surface area (Å²) in [5.74, 6) is 0. The van der Waals surface area contributed by atoms with E-state index in [2.05, 4.69) is 5.18 Å². The van der Waals surface area contributed by atoms with Gasteiger partial charge in [-0.3, -0.25) is 0 Å². The Hall–Kier alpha value is -1.39. The summed E-state index contributed by atoms with van der Waals surface area (Å²) in [6.07, 6.45) is -3.99. The SMILES string of the molecule is CCc1cc(N=O)cc(C(F)(F)F)c1. The highest BCUT2D eigenvalue weighted by Gasteiger charge is 2.31. The van der Waals surface area contributed by atoms with Gasteiger partial charge >= 0.3 is 6.18 Å². The molecule has 0 atom stereocenters. The van der Waals surface area contributed by atoms with Crippen LogP contribution in [0.2, 0.25) is 0 Å². The maximum atomic E-state index is 12.3. The molecule has 0 saturated heterocycles. The third kappa shape index (κ3) is 2.31. The number of halogens is 3. The lowest BCUT2D eigenvalue weighted by molar-refractivity contribution is -0.137. The molecule has 0 radical (unpaired) electrons. The van der Waals surface area contributed by atoms with E-state index < -0.39 is 11.7 Å². The van der Waals surface area contributed by atoms with Crippen molar-refractivity contribution in [3.63, 3.8) is 0 Å². The van der Waals surface area contributed by atoms with Crippen molar-refractivity contribution in [3.8, 4) is 0 Å². The molecule has 0 heterocycles. The molecule has 1 rings (SSSR count). The molecule has 0 aliphatic carbocycles. The Bertz CT molecular complexity index is 346. The second kappa shape index (κ2) is 3.77. The van der Waals surface area contributed by atoms with Gasteiger partial charge in [-0.05, 0) is 35.4 Å². The van der Waals surface area contributed by atoms with Gasteiger partial charge in [-0.25, -0.2) is 0 Å². The number of hydrogen-bond acceptors (Lipinski definition) is 2. The van der Waals surface area contributed by atoms with E-state index >= 15 is 0 Å². The van der Waals surface area contributed by atoms with E-state index in [9.17, 15) is 18.1 Å². The van der Waals surface area contributed by atoms with E-state index in [0.29, 0.717) is 12.0 Å². The summed E-state index contributed by atoms with van der Waals surface area (Å²) >= 11 is 0. The third-order valence-corrected chi connectivity index (χ3v) is 1.82. The molecule has 0 fully saturated rings. The number of aryl methyl sites for hydroxylation is 1. The molecule has 2 nitrogen and oxygen atoms in total. The van der Waals surface area contributed by atoms with Gasteiger partial charge in [-0.1, -0.05) is 6.92 Å². The zero-order valence-corrected chi connectivity index (χ0v) is 7.43. The molecule has 0 unspecified atom stereocenters. The number of nitrogens with zero attached hydrogens (tertiary/aromatic N) is 1. The number of benzene rings is 1. The molecule has 14 heavy (non-hydrogen) atoms. The second-order valence-corrected chi connectivity index (χ2v) is 2.83. The minimum absolute atomic E-state index is 0.184. The molecule has 0 bridgehead atoms. The van der Waals surface area contributed by atoms with Gasteiger partial charge in [0.1, 0.15) is 5.69 Å². The highest BCUT2D eigenvalue weighted by Crippen LogP contribution is 2.32. The van der Waals surface area contributed by atoms with Crippen LogP contribution in [0.25, 0.3) is 0 Å². The smallest absolute Gasteiger partial charge is 0.166 e. The molecule has 0 amide bonds. The standard InChI is InChI=1S/C9H8F3NO/c1-2-6-3-7(9(10,11)12)5-8(4-6)13-14/h3-5H,2H2,1H3. The summed E-state index contributed by atoms with van der Waals surface area (Å²) in [6, 6.07) is 3.11. The van der Waals surface area contributed by atoms with Crippen molar-refractivity contribution in [2.45, 2.75) is 19.5 Å². The van der Waals surface area contributed by atoms with Gasteiger partial charge in [-0.2, -0.15) is 13.2 Å². The average molecular weight is 203 g/mol. The zero-order valence-electron chi connectivity index (χ0n) is 7.43. The van der Waals surface area contributed by atoms with Crippen molar-refractivity contribution < 1.29 is 13.2 Å². The van der Waals surface area contributed by atoms with Crippen LogP contribution in [0, 0.1) is 4.91 Å². The van der Waals surface area contributed by atoms with Gasteiger partial charge in [0.15, 0.2) is 0 Å². The number of alkyl halides is 3. The maximum absolute atomic E-state index is 12.3. The summed E-state index contributed by atoms with van der Waals surface area (Å²) in [6.45, 7) is 1.71. The monoisotopic (exact) mass is 203 g/mol. The first-order valence-electron chi connectivity index (χ1n) is 4.02. The third-order valence-electron chi connectivity index (χ3n) is 1.82. The largest absolute Gasteiger partial charge is 0.416 e. The Morgan fingerprint density at radius 3 is 2.36 bits per heavy atom. The van der Waals surface area contributed by atoms with Crippen molar-refractivity contribution in [1.29, 1.82) is 0 Å². The highest BCUT2D eigenvalue weighted by atomic mass is 19.4. The quantitative estimate of drug-likeness (QED) is 0.674. The van der Waals surface area contributed by atoms with Crippen molar-refractivity contribution in [2.24, 2.45) is 5.18 Å². The fraction of sp³-hybridized carbons (Fsp3) is 0.333. The van der Waals surface area contributed by atoms with Gasteiger partial charge in [0, 0.05) is 0 Å². The Labute approximate surface area is 78.7 Å². The molecule has 0 aromatic heterocycles. The molecule has 0 saturated carbocycles. The summed E-state index contributed by atoms with van der Waals surface area (Å²) in [5, 5.41) is 2.50. The molecule has 0 spiro atoms. The summed E-state index contributed by atoms with van der Waals surface area (Å²) in [5.41, 5.74) is -0.558. The van der Waals surface area contributed by atoms with Gasteiger partial charge in [0.2, 0.25) is 0 Å². The van der Waals surface area contributed by atoms with Gasteiger partial charge in [0.05, 0.1) is 5.56 Å². The zero-order chi connectivity index (χ0) is 10.8. The Morgan fingerprint density at radius 2 is 1.93 bits per heavy atom. The molecular weight excluding hydrogens is 195 g/mol. The normalized spacial score (nSPS) is 11.4. The van der Waals surface area contributed by atoms with Crippen LogP contribution in [-0.2, 0) is 12.6 Å². The fourth-order valence-electron chi connectivity index (χ4n) is 1.09. The first-order chi connectivity index (χ1) is 6.47. The fourth-order valence-corrected chi connectivity index (χ4v) is 1.09. The number of nitroso groups, excluding NO2 is 1. The molecule has 1 aromatic rings. The number of rotatable bonds is 2. The van der Waals surface area contributed by atoms with Crippen LogP contribution in [0.3, 0.4) is 0 Å². The van der Waals surface area contributed by atoms with Gasteiger partial charge < -0.3 is 0 Å². The maximum Gasteiger partial charge on any atom is 0.416 e. The Kier molecular flexibility index (Phi) is 2.88. The summed E-state index contributed by atoms with van der Waals surface area (Å²) in [4.78, 5) is 10.1. The summed E-state index contributed by atoms with van der Waals surface area (Å²) < 4.78 is 36.8. The predicted octanol–water partition coefficient (Wildman–Crippen LogP) is 3.67. The molecule has 1 aromatic carbocycles. The lowest BCUT2D eigenvalue weighted by atomic mass is 10.1. The number of hydrogen-bond donors (Lipinski definition) is 0. The molecule has 76 valence electrons. The lowest BCUT2D eigenvalue weighted by Crippen LogP contribution is -2.05. The van der Waals surface area contributed by atoms with Crippen molar-refractivity contribution >= 4 is 5.69 Å². The molecule has 0 aliphatic heterocycles. The first-order valence-corrected chi connectivity index (χ1v) is 4.02. The van der Waals surface area contributed by atoms with Crippen LogP contribution >= 0.6 is 0 Å². The molecule has 5 heteroatoms. The van der Waals surface area contributed by atoms with Crippen molar-refractivity contribution in [3.05, 3.63) is 34.2 Å². The second-order valence-electron chi connectivity index (χ2n) is 2.83. The van der Waals surface area contributed by atoms with E-state index in [1.165, 1.54) is 6.07 Å². The molecule has 0 aliphatic rings. The van der Waals surface area contributed by atoms with E-state index in [0.717, 1.165) is 12.1 Å². The first kappa shape index (κ1) is 10.7.